The molecule has 1 fully saturated rings. The highest BCUT2D eigenvalue weighted by atomic mass is 15.3. The predicted octanol–water partition coefficient (Wildman–Crippen LogP) is 2.95. The Balaban J connectivity index is 2.01. The summed E-state index contributed by atoms with van der Waals surface area (Å²) < 4.78 is 0. The highest BCUT2D eigenvalue weighted by molar-refractivity contribution is 5.23. The van der Waals surface area contributed by atoms with E-state index in [1.807, 2.05) is 0 Å². The molecule has 1 aliphatic heterocycles. The van der Waals surface area contributed by atoms with Crippen molar-refractivity contribution in [2.45, 2.75) is 51.6 Å². The molecule has 2 N–H and O–H groups in total. The standard InChI is InChI=1S/C16H26N2/c1-3-14-7-9-15(10-8-14)13-16(2,17)18-11-5-4-6-12-18/h7-10H,3-6,11-13,17H2,1-2H3. The van der Waals surface area contributed by atoms with Crippen LogP contribution in [0.5, 0.6) is 0 Å². The second-order valence-electron chi connectivity index (χ2n) is 5.75. The number of rotatable bonds is 4. The summed E-state index contributed by atoms with van der Waals surface area (Å²) in [5.74, 6) is 0. The van der Waals surface area contributed by atoms with Crippen molar-refractivity contribution in [1.29, 1.82) is 0 Å². The van der Waals surface area contributed by atoms with Crippen LogP contribution in [0.3, 0.4) is 0 Å². The monoisotopic (exact) mass is 246 g/mol. The van der Waals surface area contributed by atoms with E-state index in [-0.39, 0.29) is 5.66 Å². The Morgan fingerprint density at radius 2 is 1.61 bits per heavy atom. The van der Waals surface area contributed by atoms with Gasteiger partial charge in [0.15, 0.2) is 0 Å². The van der Waals surface area contributed by atoms with Gasteiger partial charge in [-0.25, -0.2) is 0 Å². The number of likely N-dealkylation sites (tertiary alicyclic amines) is 1. The molecule has 2 heteroatoms. The second-order valence-corrected chi connectivity index (χ2v) is 5.75. The molecule has 0 radical (unpaired) electrons. The van der Waals surface area contributed by atoms with E-state index in [0.29, 0.717) is 0 Å². The minimum atomic E-state index is -0.200. The zero-order valence-electron chi connectivity index (χ0n) is 11.8. The van der Waals surface area contributed by atoms with Crippen molar-refractivity contribution in [3.8, 4) is 0 Å². The molecule has 0 saturated carbocycles. The Labute approximate surface area is 111 Å². The van der Waals surface area contributed by atoms with E-state index >= 15 is 0 Å². The lowest BCUT2D eigenvalue weighted by Gasteiger charge is -2.40. The van der Waals surface area contributed by atoms with Crippen molar-refractivity contribution < 1.29 is 0 Å². The van der Waals surface area contributed by atoms with E-state index < -0.39 is 0 Å². The largest absolute Gasteiger partial charge is 0.313 e. The van der Waals surface area contributed by atoms with Crippen molar-refractivity contribution in [2.75, 3.05) is 13.1 Å². The molecule has 1 heterocycles. The fourth-order valence-corrected chi connectivity index (χ4v) is 2.82. The molecule has 1 saturated heterocycles. The molecule has 2 rings (SSSR count). The Bertz CT molecular complexity index is 361. The molecule has 2 nitrogen and oxygen atoms in total. The van der Waals surface area contributed by atoms with E-state index in [0.717, 1.165) is 25.9 Å². The molecule has 1 aromatic rings. The average Bonchev–Trinajstić information content (AvgIpc) is 2.40. The first-order chi connectivity index (χ1) is 8.62. The molecular weight excluding hydrogens is 220 g/mol. The summed E-state index contributed by atoms with van der Waals surface area (Å²) in [5, 5.41) is 0. The van der Waals surface area contributed by atoms with Crippen LogP contribution in [0.15, 0.2) is 24.3 Å². The van der Waals surface area contributed by atoms with E-state index in [1.165, 1.54) is 30.4 Å². The maximum absolute atomic E-state index is 6.52. The molecule has 100 valence electrons. The van der Waals surface area contributed by atoms with Gasteiger partial charge in [0.05, 0.1) is 5.66 Å². The Morgan fingerprint density at radius 1 is 1.06 bits per heavy atom. The van der Waals surface area contributed by atoms with Gasteiger partial charge in [-0.05, 0) is 50.4 Å². The van der Waals surface area contributed by atoms with Gasteiger partial charge in [-0.2, -0.15) is 0 Å². The van der Waals surface area contributed by atoms with Crippen LogP contribution in [-0.4, -0.2) is 23.7 Å². The Hall–Kier alpha value is -0.860. The topological polar surface area (TPSA) is 29.3 Å². The van der Waals surface area contributed by atoms with Crippen LogP contribution in [0.4, 0.5) is 0 Å². The first kappa shape index (κ1) is 13.6. The molecule has 1 atom stereocenters. The van der Waals surface area contributed by atoms with Crippen LogP contribution in [0.2, 0.25) is 0 Å². The maximum atomic E-state index is 6.52. The zero-order chi connectivity index (χ0) is 13.0. The van der Waals surface area contributed by atoms with E-state index in [1.54, 1.807) is 0 Å². The highest BCUT2D eigenvalue weighted by Gasteiger charge is 2.28. The summed E-state index contributed by atoms with van der Waals surface area (Å²) in [4.78, 5) is 2.45. The quantitative estimate of drug-likeness (QED) is 0.885. The minimum Gasteiger partial charge on any atom is -0.313 e. The lowest BCUT2D eigenvalue weighted by Crippen LogP contribution is -2.56. The van der Waals surface area contributed by atoms with Gasteiger partial charge in [0.25, 0.3) is 0 Å². The molecule has 1 unspecified atom stereocenters. The summed E-state index contributed by atoms with van der Waals surface area (Å²) in [6, 6.07) is 8.91. The SMILES string of the molecule is CCc1ccc(CC(C)(N)N2CCCCC2)cc1. The number of nitrogens with two attached hydrogens (primary N) is 1. The van der Waals surface area contributed by atoms with Gasteiger partial charge >= 0.3 is 0 Å². The van der Waals surface area contributed by atoms with Gasteiger partial charge < -0.3 is 5.73 Å². The van der Waals surface area contributed by atoms with Crippen LogP contribution in [0.1, 0.15) is 44.2 Å². The van der Waals surface area contributed by atoms with Crippen LogP contribution in [-0.2, 0) is 12.8 Å². The smallest absolute Gasteiger partial charge is 0.0699 e. The van der Waals surface area contributed by atoms with Gasteiger partial charge in [0.1, 0.15) is 0 Å². The fraction of sp³-hybridized carbons (Fsp3) is 0.625. The number of hydrogen-bond acceptors (Lipinski definition) is 2. The van der Waals surface area contributed by atoms with Crippen molar-refractivity contribution in [2.24, 2.45) is 5.73 Å². The highest BCUT2D eigenvalue weighted by Crippen LogP contribution is 2.21. The third-order valence-corrected chi connectivity index (χ3v) is 4.07. The first-order valence-corrected chi connectivity index (χ1v) is 7.23. The van der Waals surface area contributed by atoms with Gasteiger partial charge in [-0.1, -0.05) is 37.6 Å². The molecule has 1 aromatic carbocycles. The predicted molar refractivity (Wildman–Crippen MR) is 77.5 cm³/mol. The Kier molecular flexibility index (Phi) is 4.41. The Morgan fingerprint density at radius 3 is 2.17 bits per heavy atom. The van der Waals surface area contributed by atoms with E-state index in [4.69, 9.17) is 5.73 Å². The molecule has 0 aliphatic carbocycles. The third kappa shape index (κ3) is 3.33. The van der Waals surface area contributed by atoms with Crippen molar-refractivity contribution in [3.05, 3.63) is 35.4 Å². The van der Waals surface area contributed by atoms with Gasteiger partial charge in [0, 0.05) is 6.42 Å². The summed E-state index contributed by atoms with van der Waals surface area (Å²) >= 11 is 0. The summed E-state index contributed by atoms with van der Waals surface area (Å²) in [6.45, 7) is 6.67. The van der Waals surface area contributed by atoms with E-state index in [9.17, 15) is 0 Å². The van der Waals surface area contributed by atoms with Gasteiger partial charge in [-0.3, -0.25) is 4.90 Å². The molecule has 0 amide bonds. The zero-order valence-corrected chi connectivity index (χ0v) is 11.8. The first-order valence-electron chi connectivity index (χ1n) is 7.23. The van der Waals surface area contributed by atoms with Crippen LogP contribution in [0, 0.1) is 0 Å². The lowest BCUT2D eigenvalue weighted by atomic mass is 9.97. The third-order valence-electron chi connectivity index (χ3n) is 4.07. The van der Waals surface area contributed by atoms with Crippen LogP contribution in [0.25, 0.3) is 0 Å². The number of nitrogens with zero attached hydrogens (tertiary/aromatic N) is 1. The molecule has 0 bridgehead atoms. The summed E-state index contributed by atoms with van der Waals surface area (Å²) in [7, 11) is 0. The minimum absolute atomic E-state index is 0.200. The molecule has 18 heavy (non-hydrogen) atoms. The maximum Gasteiger partial charge on any atom is 0.0699 e. The summed E-state index contributed by atoms with van der Waals surface area (Å²) in [5.41, 5.74) is 9.07. The summed E-state index contributed by atoms with van der Waals surface area (Å²) in [6.07, 6.45) is 5.99. The number of hydrogen-bond donors (Lipinski definition) is 1. The number of piperidine rings is 1. The van der Waals surface area contributed by atoms with Gasteiger partial charge in [-0.15, -0.1) is 0 Å². The van der Waals surface area contributed by atoms with Crippen molar-refractivity contribution >= 4 is 0 Å². The van der Waals surface area contributed by atoms with Crippen molar-refractivity contribution in [3.63, 3.8) is 0 Å². The molecule has 1 aliphatic rings. The molecule has 0 spiro atoms. The fourth-order valence-electron chi connectivity index (χ4n) is 2.82. The second kappa shape index (κ2) is 5.85. The van der Waals surface area contributed by atoms with Crippen LogP contribution >= 0.6 is 0 Å². The van der Waals surface area contributed by atoms with Crippen molar-refractivity contribution in [1.82, 2.24) is 4.90 Å². The number of aryl methyl sites for hydroxylation is 1. The molecular formula is C16H26N2. The normalized spacial score (nSPS) is 20.6. The average molecular weight is 246 g/mol. The van der Waals surface area contributed by atoms with E-state index in [2.05, 4.69) is 43.0 Å². The van der Waals surface area contributed by atoms with Gasteiger partial charge in [0.2, 0.25) is 0 Å². The number of benzene rings is 1. The van der Waals surface area contributed by atoms with Crippen LogP contribution < -0.4 is 5.73 Å². The molecule has 0 aromatic heterocycles. The lowest BCUT2D eigenvalue weighted by molar-refractivity contribution is 0.0856.